The molecular formula is C15H18ClNO6. The normalized spacial score (nSPS) is 11.7. The molecule has 1 aromatic rings. The average Bonchev–Trinajstić information content (AvgIpc) is 2.44. The topological polar surface area (TPSA) is 102 Å². The van der Waals surface area contributed by atoms with Crippen LogP contribution in [0.15, 0.2) is 18.2 Å². The Balaban J connectivity index is 2.69. The van der Waals surface area contributed by atoms with Gasteiger partial charge in [0, 0.05) is 24.4 Å². The predicted octanol–water partition coefficient (Wildman–Crippen LogP) is 2.81. The highest BCUT2D eigenvalue weighted by molar-refractivity contribution is 6.30. The molecule has 0 heterocycles. The number of carboxylic acids is 1. The molecule has 126 valence electrons. The van der Waals surface area contributed by atoms with E-state index in [1.165, 1.54) is 25.1 Å². The van der Waals surface area contributed by atoms with Crippen LogP contribution in [0, 0.1) is 5.92 Å². The number of rotatable bonds is 6. The number of hydrogen-bond donors (Lipinski definition) is 2. The highest BCUT2D eigenvalue weighted by Gasteiger charge is 2.21. The van der Waals surface area contributed by atoms with Gasteiger partial charge in [0.25, 0.3) is 6.29 Å². The summed E-state index contributed by atoms with van der Waals surface area (Å²) in [6, 6.07) is 4.31. The Morgan fingerprint density at radius 1 is 1.26 bits per heavy atom. The zero-order chi connectivity index (χ0) is 17.6. The fourth-order valence-electron chi connectivity index (χ4n) is 1.68. The van der Waals surface area contributed by atoms with E-state index < -0.39 is 24.3 Å². The fourth-order valence-corrected chi connectivity index (χ4v) is 1.85. The van der Waals surface area contributed by atoms with E-state index in [0.29, 0.717) is 5.56 Å². The molecule has 0 bridgehead atoms. The standard InChI is InChI=1S/C15H18ClNO6/c1-8(2)14(22-9(3)18)23-15(21)17-7-10-4-5-11(16)6-12(10)13(19)20/h4-6,8,14H,7H2,1-3H3,(H,17,21)(H,19,20)/t14-/m0/s1. The molecule has 0 saturated heterocycles. The Bertz CT molecular complexity index is 602. The number of alkyl carbamates (subject to hydrolysis) is 1. The molecule has 0 aliphatic heterocycles. The molecular weight excluding hydrogens is 326 g/mol. The van der Waals surface area contributed by atoms with Crippen molar-refractivity contribution in [3.8, 4) is 0 Å². The second kappa shape index (κ2) is 8.38. The highest BCUT2D eigenvalue weighted by atomic mass is 35.5. The van der Waals surface area contributed by atoms with Crippen LogP contribution >= 0.6 is 11.6 Å². The van der Waals surface area contributed by atoms with Crippen LogP contribution in [0.2, 0.25) is 5.02 Å². The lowest BCUT2D eigenvalue weighted by molar-refractivity contribution is -0.172. The summed E-state index contributed by atoms with van der Waals surface area (Å²) in [7, 11) is 0. The number of benzene rings is 1. The maximum absolute atomic E-state index is 11.8. The van der Waals surface area contributed by atoms with Gasteiger partial charge < -0.3 is 19.9 Å². The number of esters is 1. The van der Waals surface area contributed by atoms with Crippen LogP contribution in [-0.4, -0.2) is 29.4 Å². The van der Waals surface area contributed by atoms with Crippen molar-refractivity contribution in [1.82, 2.24) is 5.32 Å². The number of carbonyl (C=O) groups excluding carboxylic acids is 2. The summed E-state index contributed by atoms with van der Waals surface area (Å²) in [6.07, 6.45) is -1.84. The first-order chi connectivity index (χ1) is 10.7. The molecule has 0 aliphatic carbocycles. The number of hydrogen-bond acceptors (Lipinski definition) is 5. The molecule has 7 nitrogen and oxygen atoms in total. The molecule has 1 amide bonds. The van der Waals surface area contributed by atoms with Crippen LogP contribution < -0.4 is 5.32 Å². The number of carbonyl (C=O) groups is 3. The van der Waals surface area contributed by atoms with Gasteiger partial charge >= 0.3 is 18.0 Å². The second-order valence-corrected chi connectivity index (χ2v) is 5.52. The van der Waals surface area contributed by atoms with Crippen LogP contribution in [0.1, 0.15) is 36.7 Å². The van der Waals surface area contributed by atoms with Crippen LogP contribution in [0.3, 0.4) is 0 Å². The molecule has 0 aliphatic rings. The van der Waals surface area contributed by atoms with Crippen molar-refractivity contribution in [2.24, 2.45) is 5.92 Å². The predicted molar refractivity (Wildman–Crippen MR) is 82.1 cm³/mol. The lowest BCUT2D eigenvalue weighted by atomic mass is 10.1. The van der Waals surface area contributed by atoms with E-state index in [1.54, 1.807) is 13.8 Å². The number of ether oxygens (including phenoxy) is 2. The van der Waals surface area contributed by atoms with Gasteiger partial charge in [0.2, 0.25) is 0 Å². The van der Waals surface area contributed by atoms with Crippen molar-refractivity contribution >= 4 is 29.6 Å². The maximum atomic E-state index is 11.8. The third-order valence-corrected chi connectivity index (χ3v) is 3.01. The minimum absolute atomic E-state index is 0.0156. The van der Waals surface area contributed by atoms with Crippen LogP contribution in [-0.2, 0) is 20.8 Å². The summed E-state index contributed by atoms with van der Waals surface area (Å²) in [5, 5.41) is 11.8. The minimum Gasteiger partial charge on any atom is -0.478 e. The van der Waals surface area contributed by atoms with Gasteiger partial charge in [-0.2, -0.15) is 0 Å². The third kappa shape index (κ3) is 6.15. The lowest BCUT2D eigenvalue weighted by Crippen LogP contribution is -2.34. The Hall–Kier alpha value is -2.28. The minimum atomic E-state index is -1.15. The van der Waals surface area contributed by atoms with Crippen LogP contribution in [0.25, 0.3) is 0 Å². The van der Waals surface area contributed by atoms with Crippen molar-refractivity contribution in [3.05, 3.63) is 34.3 Å². The van der Waals surface area contributed by atoms with Gasteiger partial charge in [0.15, 0.2) is 0 Å². The molecule has 2 N–H and O–H groups in total. The first kappa shape index (κ1) is 18.8. The summed E-state index contributed by atoms with van der Waals surface area (Å²) in [5.74, 6) is -1.95. The number of nitrogens with one attached hydrogen (secondary N) is 1. The molecule has 0 saturated carbocycles. The average molecular weight is 344 g/mol. The van der Waals surface area contributed by atoms with Crippen molar-refractivity contribution in [3.63, 3.8) is 0 Å². The van der Waals surface area contributed by atoms with Crippen LogP contribution in [0.4, 0.5) is 4.79 Å². The smallest absolute Gasteiger partial charge is 0.410 e. The van der Waals surface area contributed by atoms with Crippen LogP contribution in [0.5, 0.6) is 0 Å². The van der Waals surface area contributed by atoms with E-state index in [9.17, 15) is 14.4 Å². The summed E-state index contributed by atoms with van der Waals surface area (Å²) >= 11 is 5.75. The molecule has 0 radical (unpaired) electrons. The number of amides is 1. The van der Waals surface area contributed by atoms with E-state index in [2.05, 4.69) is 5.32 Å². The van der Waals surface area contributed by atoms with E-state index in [1.807, 2.05) is 0 Å². The molecule has 23 heavy (non-hydrogen) atoms. The van der Waals surface area contributed by atoms with Gasteiger partial charge in [-0.05, 0) is 17.7 Å². The lowest BCUT2D eigenvalue weighted by Gasteiger charge is -2.20. The van der Waals surface area contributed by atoms with Gasteiger partial charge in [0.1, 0.15) is 0 Å². The number of halogens is 1. The monoisotopic (exact) mass is 343 g/mol. The summed E-state index contributed by atoms with van der Waals surface area (Å²) in [4.78, 5) is 33.9. The maximum Gasteiger partial charge on any atom is 0.410 e. The largest absolute Gasteiger partial charge is 0.478 e. The van der Waals surface area contributed by atoms with Crippen molar-refractivity contribution < 1.29 is 29.0 Å². The van der Waals surface area contributed by atoms with E-state index in [-0.39, 0.29) is 23.0 Å². The second-order valence-electron chi connectivity index (χ2n) is 5.09. The Labute approximate surface area is 138 Å². The summed E-state index contributed by atoms with van der Waals surface area (Å²) in [6.45, 7) is 4.59. The molecule has 0 unspecified atom stereocenters. The van der Waals surface area contributed by atoms with Gasteiger partial charge in [-0.15, -0.1) is 0 Å². The third-order valence-electron chi connectivity index (χ3n) is 2.78. The van der Waals surface area contributed by atoms with Crippen molar-refractivity contribution in [1.29, 1.82) is 0 Å². The molecule has 1 atom stereocenters. The van der Waals surface area contributed by atoms with Gasteiger partial charge in [0.05, 0.1) is 5.56 Å². The van der Waals surface area contributed by atoms with Gasteiger partial charge in [-0.1, -0.05) is 31.5 Å². The van der Waals surface area contributed by atoms with E-state index in [0.717, 1.165) is 0 Å². The van der Waals surface area contributed by atoms with Gasteiger partial charge in [-0.3, -0.25) is 4.79 Å². The molecule has 0 spiro atoms. The van der Waals surface area contributed by atoms with E-state index in [4.69, 9.17) is 26.2 Å². The Kier molecular flexibility index (Phi) is 6.84. The van der Waals surface area contributed by atoms with Crippen molar-refractivity contribution in [2.75, 3.05) is 0 Å². The molecule has 8 heteroatoms. The first-order valence-electron chi connectivity index (χ1n) is 6.84. The molecule has 1 rings (SSSR count). The number of carboxylic acid groups (broad SMARTS) is 1. The first-order valence-corrected chi connectivity index (χ1v) is 7.22. The fraction of sp³-hybridized carbons (Fsp3) is 0.400. The molecule has 1 aromatic carbocycles. The Morgan fingerprint density at radius 3 is 2.43 bits per heavy atom. The quantitative estimate of drug-likeness (QED) is 0.608. The zero-order valence-corrected chi connectivity index (χ0v) is 13.7. The zero-order valence-electron chi connectivity index (χ0n) is 13.0. The number of aromatic carboxylic acids is 1. The van der Waals surface area contributed by atoms with Crippen molar-refractivity contribution in [2.45, 2.75) is 33.6 Å². The molecule has 0 fully saturated rings. The summed E-state index contributed by atoms with van der Waals surface area (Å²) < 4.78 is 9.88. The molecule has 0 aromatic heterocycles. The highest BCUT2D eigenvalue weighted by Crippen LogP contribution is 2.16. The SMILES string of the molecule is CC(=O)O[C@@H](OC(=O)NCc1ccc(Cl)cc1C(=O)O)C(C)C. The van der Waals surface area contributed by atoms with E-state index >= 15 is 0 Å². The van der Waals surface area contributed by atoms with Gasteiger partial charge in [-0.25, -0.2) is 9.59 Å². The Morgan fingerprint density at radius 2 is 1.91 bits per heavy atom. The summed E-state index contributed by atoms with van der Waals surface area (Å²) in [5.41, 5.74) is 0.352.